The highest BCUT2D eigenvalue weighted by atomic mass is 16.2. The van der Waals surface area contributed by atoms with Gasteiger partial charge >= 0.3 is 0 Å². The summed E-state index contributed by atoms with van der Waals surface area (Å²) >= 11 is 0. The Morgan fingerprint density at radius 2 is 1.95 bits per heavy atom. The Morgan fingerprint density at radius 3 is 2.74 bits per heavy atom. The molecular formula is C15H21N3O. The number of nitrogens with two attached hydrogens (primary N) is 1. The fourth-order valence-electron chi connectivity index (χ4n) is 3.08. The molecule has 3 rings (SSSR count). The second kappa shape index (κ2) is 5.21. The van der Waals surface area contributed by atoms with E-state index in [1.807, 2.05) is 24.3 Å². The van der Waals surface area contributed by atoms with E-state index in [9.17, 15) is 4.79 Å². The van der Waals surface area contributed by atoms with Gasteiger partial charge in [0.2, 0.25) is 5.91 Å². The summed E-state index contributed by atoms with van der Waals surface area (Å²) in [5, 5.41) is 6.48. The number of anilines is 1. The lowest BCUT2D eigenvalue weighted by Crippen LogP contribution is -2.42. The quantitative estimate of drug-likeness (QED) is 0.755. The average molecular weight is 259 g/mol. The van der Waals surface area contributed by atoms with E-state index < -0.39 is 0 Å². The summed E-state index contributed by atoms with van der Waals surface area (Å²) in [6, 6.07) is 8.68. The largest absolute Gasteiger partial charge is 0.384 e. The van der Waals surface area contributed by atoms with Crippen molar-refractivity contribution in [2.75, 3.05) is 11.9 Å². The van der Waals surface area contributed by atoms with Crippen molar-refractivity contribution in [3.05, 3.63) is 29.8 Å². The molecule has 1 aromatic rings. The van der Waals surface area contributed by atoms with Gasteiger partial charge in [0.1, 0.15) is 0 Å². The van der Waals surface area contributed by atoms with Crippen molar-refractivity contribution in [1.82, 2.24) is 5.32 Å². The third kappa shape index (κ3) is 2.59. The molecule has 1 aromatic carbocycles. The summed E-state index contributed by atoms with van der Waals surface area (Å²) in [6.45, 7) is 0.706. The first-order chi connectivity index (χ1) is 9.24. The zero-order chi connectivity index (χ0) is 13.2. The molecule has 19 heavy (non-hydrogen) atoms. The highest BCUT2D eigenvalue weighted by Gasteiger charge is 2.30. The van der Waals surface area contributed by atoms with Crippen molar-refractivity contribution >= 4 is 11.6 Å². The predicted molar refractivity (Wildman–Crippen MR) is 76.0 cm³/mol. The summed E-state index contributed by atoms with van der Waals surface area (Å²) < 4.78 is 0. The minimum absolute atomic E-state index is 0.0493. The van der Waals surface area contributed by atoms with Crippen LogP contribution in [0.4, 0.5) is 5.69 Å². The number of carbonyl (C=O) groups excluding carboxylic acids is 1. The zero-order valence-corrected chi connectivity index (χ0v) is 11.1. The molecule has 4 heteroatoms. The maximum atomic E-state index is 12.4. The van der Waals surface area contributed by atoms with Gasteiger partial charge in [-0.3, -0.25) is 4.79 Å². The number of para-hydroxylation sites is 1. The Morgan fingerprint density at radius 1 is 1.21 bits per heavy atom. The number of amides is 1. The van der Waals surface area contributed by atoms with Crippen LogP contribution in [0.5, 0.6) is 0 Å². The molecule has 1 amide bonds. The van der Waals surface area contributed by atoms with E-state index in [4.69, 9.17) is 5.73 Å². The van der Waals surface area contributed by atoms with Crippen molar-refractivity contribution < 1.29 is 4.79 Å². The van der Waals surface area contributed by atoms with Gasteiger partial charge in [-0.25, -0.2) is 0 Å². The molecule has 0 saturated heterocycles. The number of benzene rings is 1. The summed E-state index contributed by atoms with van der Waals surface area (Å²) in [5.74, 6) is 0.102. The molecule has 0 bridgehead atoms. The number of fused-ring (bicyclic) bond motifs is 1. The molecule has 1 heterocycles. The highest BCUT2D eigenvalue weighted by molar-refractivity contribution is 5.88. The smallest absolute Gasteiger partial charge is 0.229 e. The number of carbonyl (C=O) groups is 1. The van der Waals surface area contributed by atoms with E-state index >= 15 is 0 Å². The summed E-state index contributed by atoms with van der Waals surface area (Å²) in [7, 11) is 0. The Hall–Kier alpha value is -1.55. The van der Waals surface area contributed by atoms with Gasteiger partial charge in [0.15, 0.2) is 0 Å². The van der Waals surface area contributed by atoms with Crippen LogP contribution in [0.25, 0.3) is 0 Å². The summed E-state index contributed by atoms with van der Waals surface area (Å²) in [5.41, 5.74) is 8.10. The maximum absolute atomic E-state index is 12.4. The van der Waals surface area contributed by atoms with Crippen molar-refractivity contribution in [1.29, 1.82) is 0 Å². The topological polar surface area (TPSA) is 67.1 Å². The summed E-state index contributed by atoms with van der Waals surface area (Å²) in [4.78, 5) is 12.4. The van der Waals surface area contributed by atoms with E-state index in [0.29, 0.717) is 18.6 Å². The number of hydrogen-bond acceptors (Lipinski definition) is 3. The Labute approximate surface area is 113 Å². The van der Waals surface area contributed by atoms with Crippen LogP contribution in [0, 0.1) is 0 Å². The Kier molecular flexibility index (Phi) is 3.42. The first-order valence-corrected chi connectivity index (χ1v) is 7.13. The van der Waals surface area contributed by atoms with Gasteiger partial charge in [-0.1, -0.05) is 18.2 Å². The minimum Gasteiger partial charge on any atom is -0.384 e. The van der Waals surface area contributed by atoms with Crippen molar-refractivity contribution in [2.24, 2.45) is 5.73 Å². The van der Waals surface area contributed by atoms with Gasteiger partial charge in [0.05, 0.1) is 5.92 Å². The standard InChI is InChI=1S/C15H21N3O/c16-10-5-7-11(8-6-10)18-15(19)13-9-17-14-4-2-1-3-12(13)14/h1-4,10-11,13,17H,5-9,16H2,(H,18,19). The summed E-state index contributed by atoms with van der Waals surface area (Å²) in [6.07, 6.45) is 4.05. The number of rotatable bonds is 2. The Bertz CT molecular complexity index is 466. The van der Waals surface area contributed by atoms with Crippen molar-refractivity contribution in [3.8, 4) is 0 Å². The van der Waals surface area contributed by atoms with Crippen LogP contribution >= 0.6 is 0 Å². The average Bonchev–Trinajstić information content (AvgIpc) is 2.85. The lowest BCUT2D eigenvalue weighted by Gasteiger charge is -2.27. The third-order valence-corrected chi connectivity index (χ3v) is 4.27. The Balaban J connectivity index is 1.63. The molecule has 1 aliphatic carbocycles. The van der Waals surface area contributed by atoms with Gasteiger partial charge in [-0.15, -0.1) is 0 Å². The van der Waals surface area contributed by atoms with Crippen LogP contribution in [0.1, 0.15) is 37.2 Å². The maximum Gasteiger partial charge on any atom is 0.229 e. The zero-order valence-electron chi connectivity index (χ0n) is 11.1. The number of nitrogens with one attached hydrogen (secondary N) is 2. The van der Waals surface area contributed by atoms with Gasteiger partial charge in [0.25, 0.3) is 0 Å². The van der Waals surface area contributed by atoms with Crippen LogP contribution in [0.3, 0.4) is 0 Å². The van der Waals surface area contributed by atoms with Crippen LogP contribution in [-0.2, 0) is 4.79 Å². The normalized spacial score (nSPS) is 29.4. The first-order valence-electron chi connectivity index (χ1n) is 7.13. The molecule has 102 valence electrons. The second-order valence-corrected chi connectivity index (χ2v) is 5.64. The fraction of sp³-hybridized carbons (Fsp3) is 0.533. The first kappa shape index (κ1) is 12.5. The van der Waals surface area contributed by atoms with Gasteiger partial charge in [0, 0.05) is 24.3 Å². The van der Waals surface area contributed by atoms with Crippen LogP contribution < -0.4 is 16.4 Å². The molecule has 1 unspecified atom stereocenters. The molecule has 4 nitrogen and oxygen atoms in total. The molecule has 1 atom stereocenters. The lowest BCUT2D eigenvalue weighted by molar-refractivity contribution is -0.123. The van der Waals surface area contributed by atoms with Gasteiger partial charge < -0.3 is 16.4 Å². The minimum atomic E-state index is -0.0493. The molecule has 2 aliphatic rings. The third-order valence-electron chi connectivity index (χ3n) is 4.27. The van der Waals surface area contributed by atoms with E-state index in [1.165, 1.54) is 0 Å². The number of hydrogen-bond donors (Lipinski definition) is 3. The van der Waals surface area contributed by atoms with Crippen LogP contribution in [-0.4, -0.2) is 24.5 Å². The monoisotopic (exact) mass is 259 g/mol. The molecule has 0 radical (unpaired) electrons. The van der Waals surface area contributed by atoms with Crippen molar-refractivity contribution in [2.45, 2.75) is 43.7 Å². The second-order valence-electron chi connectivity index (χ2n) is 5.64. The molecular weight excluding hydrogens is 238 g/mol. The van der Waals surface area contributed by atoms with E-state index in [1.54, 1.807) is 0 Å². The van der Waals surface area contributed by atoms with Crippen molar-refractivity contribution in [3.63, 3.8) is 0 Å². The molecule has 1 saturated carbocycles. The molecule has 1 aliphatic heterocycles. The van der Waals surface area contributed by atoms with Gasteiger partial charge in [-0.05, 0) is 37.3 Å². The molecule has 0 spiro atoms. The SMILES string of the molecule is NC1CCC(NC(=O)C2CNc3ccccc32)CC1. The highest BCUT2D eigenvalue weighted by Crippen LogP contribution is 2.31. The molecule has 1 fully saturated rings. The van der Waals surface area contributed by atoms with E-state index in [-0.39, 0.29) is 11.8 Å². The van der Waals surface area contributed by atoms with E-state index in [2.05, 4.69) is 10.6 Å². The predicted octanol–water partition coefficient (Wildman–Crippen LogP) is 1.58. The van der Waals surface area contributed by atoms with Crippen LogP contribution in [0.2, 0.25) is 0 Å². The van der Waals surface area contributed by atoms with E-state index in [0.717, 1.165) is 36.9 Å². The van der Waals surface area contributed by atoms with Crippen LogP contribution in [0.15, 0.2) is 24.3 Å². The molecule has 4 N–H and O–H groups in total. The van der Waals surface area contributed by atoms with Gasteiger partial charge in [-0.2, -0.15) is 0 Å². The fourth-order valence-corrected chi connectivity index (χ4v) is 3.08. The lowest BCUT2D eigenvalue weighted by atomic mass is 9.91. The molecule has 0 aromatic heterocycles.